The average Bonchev–Trinajstić information content (AvgIpc) is 3.12. The number of hydrogen-bond donors (Lipinski definition) is 2. The Morgan fingerprint density at radius 1 is 1.37 bits per heavy atom. The standard InChI is InChI=1S/C20H25N3O3S/c1-13-12-27-19(22-13)17-4-3-9-23(11-17)14(2)18(24)21-10-15-5-7-16(8-6-15)20(25)26/h5-8,12,14,17H,3-4,9-11H2,1-2H3,(H,21,24)(H,25,26). The molecule has 2 atom stereocenters. The van der Waals surface area contributed by atoms with Gasteiger partial charge in [-0.2, -0.15) is 0 Å². The third-order valence-corrected chi connectivity index (χ3v) is 6.16. The van der Waals surface area contributed by atoms with Crippen LogP contribution in [0, 0.1) is 6.92 Å². The Labute approximate surface area is 163 Å². The summed E-state index contributed by atoms with van der Waals surface area (Å²) in [5, 5.41) is 15.2. The maximum absolute atomic E-state index is 12.6. The zero-order valence-electron chi connectivity index (χ0n) is 15.6. The molecule has 2 aromatic rings. The van der Waals surface area contributed by atoms with Crippen molar-refractivity contribution in [1.29, 1.82) is 0 Å². The van der Waals surface area contributed by atoms with Gasteiger partial charge in [0.25, 0.3) is 0 Å². The fourth-order valence-corrected chi connectivity index (χ4v) is 4.31. The van der Waals surface area contributed by atoms with E-state index in [2.05, 4.69) is 20.6 Å². The molecule has 1 aromatic carbocycles. The second kappa shape index (κ2) is 8.63. The van der Waals surface area contributed by atoms with Crippen LogP contribution in [0.25, 0.3) is 0 Å². The SMILES string of the molecule is Cc1csc(C2CCCN(C(C)C(=O)NCc3ccc(C(=O)O)cc3)C2)n1. The maximum atomic E-state index is 12.6. The van der Waals surface area contributed by atoms with E-state index in [1.165, 1.54) is 5.01 Å². The van der Waals surface area contributed by atoms with Crippen LogP contribution < -0.4 is 5.32 Å². The van der Waals surface area contributed by atoms with Gasteiger partial charge in [0.2, 0.25) is 5.91 Å². The highest BCUT2D eigenvalue weighted by atomic mass is 32.1. The first-order chi connectivity index (χ1) is 12.9. The molecule has 2 unspecified atom stereocenters. The zero-order chi connectivity index (χ0) is 19.4. The van der Waals surface area contributed by atoms with Gasteiger partial charge in [-0.25, -0.2) is 9.78 Å². The summed E-state index contributed by atoms with van der Waals surface area (Å²) in [5.41, 5.74) is 2.19. The summed E-state index contributed by atoms with van der Waals surface area (Å²) < 4.78 is 0. The van der Waals surface area contributed by atoms with Crippen LogP contribution in [-0.4, -0.2) is 46.0 Å². The smallest absolute Gasteiger partial charge is 0.335 e. The molecule has 0 radical (unpaired) electrons. The average molecular weight is 388 g/mol. The van der Waals surface area contributed by atoms with Crippen LogP contribution in [0.2, 0.25) is 0 Å². The molecule has 0 aliphatic carbocycles. The topological polar surface area (TPSA) is 82.5 Å². The third-order valence-electron chi connectivity index (χ3n) is 5.03. The second-order valence-corrected chi connectivity index (χ2v) is 7.95. The Hall–Kier alpha value is -2.25. The van der Waals surface area contributed by atoms with Crippen LogP contribution >= 0.6 is 11.3 Å². The van der Waals surface area contributed by atoms with Gasteiger partial charge in [0.05, 0.1) is 16.6 Å². The molecular weight excluding hydrogens is 362 g/mol. The lowest BCUT2D eigenvalue weighted by atomic mass is 9.97. The van der Waals surface area contributed by atoms with E-state index >= 15 is 0 Å². The molecule has 0 saturated carbocycles. The number of carboxylic acid groups (broad SMARTS) is 1. The highest BCUT2D eigenvalue weighted by molar-refractivity contribution is 7.09. The lowest BCUT2D eigenvalue weighted by Gasteiger charge is -2.35. The molecule has 144 valence electrons. The number of benzene rings is 1. The van der Waals surface area contributed by atoms with Crippen molar-refractivity contribution in [2.24, 2.45) is 0 Å². The number of rotatable bonds is 6. The van der Waals surface area contributed by atoms with E-state index in [1.54, 1.807) is 35.6 Å². The van der Waals surface area contributed by atoms with Gasteiger partial charge in [-0.15, -0.1) is 11.3 Å². The number of nitrogens with one attached hydrogen (secondary N) is 1. The number of carboxylic acids is 1. The molecule has 1 fully saturated rings. The molecule has 2 heterocycles. The van der Waals surface area contributed by atoms with E-state index in [1.807, 2.05) is 13.8 Å². The first-order valence-corrected chi connectivity index (χ1v) is 10.1. The van der Waals surface area contributed by atoms with Crippen LogP contribution in [0.15, 0.2) is 29.6 Å². The Kier molecular flexibility index (Phi) is 6.23. The molecule has 2 N–H and O–H groups in total. The van der Waals surface area contributed by atoms with E-state index in [4.69, 9.17) is 5.11 Å². The molecule has 1 amide bonds. The van der Waals surface area contributed by atoms with Crippen LogP contribution in [-0.2, 0) is 11.3 Å². The van der Waals surface area contributed by atoms with Crippen LogP contribution in [0.1, 0.15) is 52.3 Å². The Balaban J connectivity index is 1.54. The predicted molar refractivity (Wildman–Crippen MR) is 105 cm³/mol. The van der Waals surface area contributed by atoms with Crippen LogP contribution in [0.3, 0.4) is 0 Å². The minimum absolute atomic E-state index is 0.00622. The van der Waals surface area contributed by atoms with Gasteiger partial charge in [-0.05, 0) is 50.9 Å². The number of nitrogens with zero attached hydrogens (tertiary/aromatic N) is 2. The van der Waals surface area contributed by atoms with Crippen molar-refractivity contribution in [3.8, 4) is 0 Å². The second-order valence-electron chi connectivity index (χ2n) is 7.06. The monoisotopic (exact) mass is 387 g/mol. The number of carbonyl (C=O) groups excluding carboxylic acids is 1. The number of thiazole rings is 1. The van der Waals surface area contributed by atoms with Crippen molar-refractivity contribution >= 4 is 23.2 Å². The number of aryl methyl sites for hydroxylation is 1. The summed E-state index contributed by atoms with van der Waals surface area (Å²) in [4.78, 5) is 30.3. The summed E-state index contributed by atoms with van der Waals surface area (Å²) in [5.74, 6) is -0.557. The largest absolute Gasteiger partial charge is 0.478 e. The van der Waals surface area contributed by atoms with Gasteiger partial charge < -0.3 is 10.4 Å². The number of aromatic carboxylic acids is 1. The molecular formula is C20H25N3O3S. The zero-order valence-corrected chi connectivity index (χ0v) is 16.5. The first kappa shape index (κ1) is 19.5. The maximum Gasteiger partial charge on any atom is 0.335 e. The van der Waals surface area contributed by atoms with Crippen molar-refractivity contribution in [3.63, 3.8) is 0 Å². The Morgan fingerprint density at radius 3 is 2.74 bits per heavy atom. The number of amides is 1. The molecule has 1 aliphatic heterocycles. The van der Waals surface area contributed by atoms with Crippen LogP contribution in [0.5, 0.6) is 0 Å². The lowest BCUT2D eigenvalue weighted by molar-refractivity contribution is -0.126. The minimum Gasteiger partial charge on any atom is -0.478 e. The highest BCUT2D eigenvalue weighted by Crippen LogP contribution is 2.30. The van der Waals surface area contributed by atoms with Gasteiger partial charge in [-0.3, -0.25) is 9.69 Å². The quantitative estimate of drug-likeness (QED) is 0.796. The molecule has 27 heavy (non-hydrogen) atoms. The van der Waals surface area contributed by atoms with Gasteiger partial charge in [0.15, 0.2) is 0 Å². The summed E-state index contributed by atoms with van der Waals surface area (Å²) in [7, 11) is 0. The van der Waals surface area contributed by atoms with Crippen molar-refractivity contribution in [3.05, 3.63) is 51.5 Å². The molecule has 0 spiro atoms. The van der Waals surface area contributed by atoms with E-state index in [-0.39, 0.29) is 17.5 Å². The minimum atomic E-state index is -0.950. The molecule has 0 bridgehead atoms. The van der Waals surface area contributed by atoms with Crippen molar-refractivity contribution < 1.29 is 14.7 Å². The number of likely N-dealkylation sites (tertiary alicyclic amines) is 1. The van der Waals surface area contributed by atoms with Crippen molar-refractivity contribution in [2.75, 3.05) is 13.1 Å². The third kappa shape index (κ3) is 4.93. The van der Waals surface area contributed by atoms with E-state index in [0.29, 0.717) is 12.5 Å². The van der Waals surface area contributed by atoms with E-state index in [9.17, 15) is 9.59 Å². The predicted octanol–water partition coefficient (Wildman–Crippen LogP) is 3.03. The molecule has 6 nitrogen and oxygen atoms in total. The summed E-state index contributed by atoms with van der Waals surface area (Å²) in [6.07, 6.45) is 2.19. The number of piperidine rings is 1. The molecule has 1 aromatic heterocycles. The summed E-state index contributed by atoms with van der Waals surface area (Å²) >= 11 is 1.71. The van der Waals surface area contributed by atoms with Crippen molar-refractivity contribution in [2.45, 2.75) is 45.2 Å². The first-order valence-electron chi connectivity index (χ1n) is 9.20. The number of hydrogen-bond acceptors (Lipinski definition) is 5. The molecule has 7 heteroatoms. The van der Waals surface area contributed by atoms with Gasteiger partial charge in [0.1, 0.15) is 0 Å². The summed E-state index contributed by atoms with van der Waals surface area (Å²) in [6.45, 7) is 6.13. The highest BCUT2D eigenvalue weighted by Gasteiger charge is 2.29. The fraction of sp³-hybridized carbons (Fsp3) is 0.450. The number of aromatic nitrogens is 1. The van der Waals surface area contributed by atoms with Gasteiger partial charge >= 0.3 is 5.97 Å². The molecule has 1 aliphatic rings. The summed E-state index contributed by atoms with van der Waals surface area (Å²) in [6, 6.07) is 6.37. The van der Waals surface area contributed by atoms with Crippen molar-refractivity contribution in [1.82, 2.24) is 15.2 Å². The van der Waals surface area contributed by atoms with Gasteiger partial charge in [0, 0.05) is 30.1 Å². The Morgan fingerprint density at radius 2 is 2.11 bits per heavy atom. The van der Waals surface area contributed by atoms with Gasteiger partial charge in [-0.1, -0.05) is 12.1 Å². The van der Waals surface area contributed by atoms with E-state index in [0.717, 1.165) is 37.2 Å². The normalized spacial score (nSPS) is 18.8. The van der Waals surface area contributed by atoms with Crippen LogP contribution in [0.4, 0.5) is 0 Å². The molecule has 1 saturated heterocycles. The molecule has 3 rings (SSSR count). The number of carbonyl (C=O) groups is 2. The Bertz CT molecular complexity index is 803. The van der Waals surface area contributed by atoms with E-state index < -0.39 is 5.97 Å². The fourth-order valence-electron chi connectivity index (χ4n) is 3.39. The lowest BCUT2D eigenvalue weighted by Crippen LogP contribution is -2.48.